The first-order valence-corrected chi connectivity index (χ1v) is 5.36. The summed E-state index contributed by atoms with van der Waals surface area (Å²) in [7, 11) is 0. The van der Waals surface area contributed by atoms with Crippen molar-refractivity contribution in [2.45, 2.75) is 39.7 Å². The molecule has 6 heteroatoms. The van der Waals surface area contributed by atoms with Gasteiger partial charge in [0, 0.05) is 0 Å². The van der Waals surface area contributed by atoms with Crippen LogP contribution in [0, 0.1) is 0 Å². The molecule has 0 aromatic carbocycles. The highest BCUT2D eigenvalue weighted by atomic mass is 16.7. The SMILES string of the molecule is CCCCOC(=O)NOC(C)C(=O)OCC. The number of carbonyl (C=O) groups is 2. The summed E-state index contributed by atoms with van der Waals surface area (Å²) in [4.78, 5) is 26.8. The Balaban J connectivity index is 3.62. The van der Waals surface area contributed by atoms with Gasteiger partial charge in [0.15, 0.2) is 6.10 Å². The number of hydrogen-bond donors (Lipinski definition) is 1. The van der Waals surface area contributed by atoms with Crippen molar-refractivity contribution in [3.05, 3.63) is 0 Å². The Hall–Kier alpha value is -1.30. The summed E-state index contributed by atoms with van der Waals surface area (Å²) < 4.78 is 9.42. The van der Waals surface area contributed by atoms with Gasteiger partial charge in [-0.3, -0.25) is 4.84 Å². The summed E-state index contributed by atoms with van der Waals surface area (Å²) in [6.07, 6.45) is 0.178. The van der Waals surface area contributed by atoms with E-state index in [9.17, 15) is 9.59 Å². The number of hydrogen-bond acceptors (Lipinski definition) is 5. The summed E-state index contributed by atoms with van der Waals surface area (Å²) in [5.41, 5.74) is 2.02. The smallest absolute Gasteiger partial charge is 0.431 e. The van der Waals surface area contributed by atoms with E-state index in [2.05, 4.69) is 4.74 Å². The molecular weight excluding hydrogens is 214 g/mol. The van der Waals surface area contributed by atoms with Gasteiger partial charge in [0.1, 0.15) is 0 Å². The van der Waals surface area contributed by atoms with E-state index in [0.717, 1.165) is 12.8 Å². The van der Waals surface area contributed by atoms with E-state index in [1.165, 1.54) is 6.92 Å². The molecule has 0 radical (unpaired) electrons. The second-order valence-corrected chi connectivity index (χ2v) is 3.10. The lowest BCUT2D eigenvalue weighted by Crippen LogP contribution is -2.34. The lowest BCUT2D eigenvalue weighted by Gasteiger charge is -2.11. The first kappa shape index (κ1) is 14.7. The molecule has 0 aromatic rings. The number of amides is 1. The normalized spacial score (nSPS) is 11.7. The fourth-order valence-electron chi connectivity index (χ4n) is 0.783. The van der Waals surface area contributed by atoms with Crippen LogP contribution in [0.1, 0.15) is 33.6 Å². The molecule has 94 valence electrons. The molecule has 1 N–H and O–H groups in total. The van der Waals surface area contributed by atoms with Crippen molar-refractivity contribution < 1.29 is 23.9 Å². The monoisotopic (exact) mass is 233 g/mol. The van der Waals surface area contributed by atoms with Gasteiger partial charge in [-0.05, 0) is 20.3 Å². The fraction of sp³-hybridized carbons (Fsp3) is 0.800. The lowest BCUT2D eigenvalue weighted by atomic mass is 10.4. The van der Waals surface area contributed by atoms with Gasteiger partial charge in [-0.2, -0.15) is 5.48 Å². The van der Waals surface area contributed by atoms with Crippen LogP contribution in [0.4, 0.5) is 4.79 Å². The van der Waals surface area contributed by atoms with Gasteiger partial charge >= 0.3 is 12.1 Å². The molecule has 0 aromatic heterocycles. The van der Waals surface area contributed by atoms with Crippen molar-refractivity contribution in [3.63, 3.8) is 0 Å². The molecule has 0 saturated carbocycles. The minimum absolute atomic E-state index is 0.271. The molecule has 0 fully saturated rings. The molecular formula is C10H19NO5. The maximum atomic E-state index is 11.1. The zero-order valence-corrected chi connectivity index (χ0v) is 9.95. The Kier molecular flexibility index (Phi) is 8.24. The summed E-state index contributed by atoms with van der Waals surface area (Å²) >= 11 is 0. The Labute approximate surface area is 95.2 Å². The van der Waals surface area contributed by atoms with Crippen molar-refractivity contribution in [3.8, 4) is 0 Å². The summed E-state index contributed by atoms with van der Waals surface area (Å²) in [5, 5.41) is 0. The number of nitrogens with one attached hydrogen (secondary N) is 1. The van der Waals surface area contributed by atoms with Crippen LogP contribution in [0.2, 0.25) is 0 Å². The van der Waals surface area contributed by atoms with Gasteiger partial charge in [-0.1, -0.05) is 13.3 Å². The van der Waals surface area contributed by atoms with Gasteiger partial charge < -0.3 is 9.47 Å². The third kappa shape index (κ3) is 7.05. The predicted molar refractivity (Wildman–Crippen MR) is 56.6 cm³/mol. The van der Waals surface area contributed by atoms with Crippen molar-refractivity contribution in [2.75, 3.05) is 13.2 Å². The Bertz CT molecular complexity index is 219. The van der Waals surface area contributed by atoms with Gasteiger partial charge in [0.25, 0.3) is 0 Å². The van der Waals surface area contributed by atoms with Crippen LogP contribution in [-0.2, 0) is 19.1 Å². The highest BCUT2D eigenvalue weighted by Gasteiger charge is 2.16. The number of rotatable bonds is 7. The lowest BCUT2D eigenvalue weighted by molar-refractivity contribution is -0.159. The zero-order chi connectivity index (χ0) is 12.4. The van der Waals surface area contributed by atoms with Crippen LogP contribution in [0.15, 0.2) is 0 Å². The summed E-state index contributed by atoms with van der Waals surface area (Å²) in [5.74, 6) is -0.531. The molecule has 0 rings (SSSR count). The molecule has 6 nitrogen and oxygen atoms in total. The van der Waals surface area contributed by atoms with Crippen molar-refractivity contribution in [1.29, 1.82) is 0 Å². The van der Waals surface area contributed by atoms with E-state index in [1.54, 1.807) is 6.92 Å². The van der Waals surface area contributed by atoms with Crippen molar-refractivity contribution >= 4 is 12.1 Å². The maximum absolute atomic E-state index is 11.1. The van der Waals surface area contributed by atoms with Crippen LogP contribution < -0.4 is 5.48 Å². The predicted octanol–water partition coefficient (Wildman–Crippen LogP) is 1.40. The second-order valence-electron chi connectivity index (χ2n) is 3.10. The van der Waals surface area contributed by atoms with Crippen molar-refractivity contribution in [2.24, 2.45) is 0 Å². The molecule has 0 aliphatic carbocycles. The highest BCUT2D eigenvalue weighted by molar-refractivity contribution is 5.74. The first-order chi connectivity index (χ1) is 7.61. The molecule has 0 aliphatic heterocycles. The fourth-order valence-corrected chi connectivity index (χ4v) is 0.783. The van der Waals surface area contributed by atoms with Crippen LogP contribution in [0.5, 0.6) is 0 Å². The van der Waals surface area contributed by atoms with Gasteiger partial charge in [0.2, 0.25) is 0 Å². The molecule has 1 unspecified atom stereocenters. The van der Waals surface area contributed by atoms with E-state index >= 15 is 0 Å². The Morgan fingerprint density at radius 3 is 2.50 bits per heavy atom. The number of ether oxygens (including phenoxy) is 2. The number of carbonyl (C=O) groups excluding carboxylic acids is 2. The standard InChI is InChI=1S/C10H19NO5/c1-4-6-7-15-10(13)11-16-8(3)9(12)14-5-2/h8H,4-7H2,1-3H3,(H,11,13). The van der Waals surface area contributed by atoms with Crippen LogP contribution >= 0.6 is 0 Å². The minimum atomic E-state index is -0.848. The largest absolute Gasteiger partial charge is 0.464 e. The minimum Gasteiger partial charge on any atom is -0.464 e. The van der Waals surface area contributed by atoms with Gasteiger partial charge in [-0.15, -0.1) is 0 Å². The van der Waals surface area contributed by atoms with Gasteiger partial charge in [0.05, 0.1) is 13.2 Å². The average Bonchev–Trinajstić information content (AvgIpc) is 2.26. The third-order valence-corrected chi connectivity index (χ3v) is 1.67. The molecule has 0 heterocycles. The number of unbranched alkanes of at least 4 members (excludes halogenated alkanes) is 1. The van der Waals surface area contributed by atoms with E-state index in [1.807, 2.05) is 12.4 Å². The Morgan fingerprint density at radius 2 is 1.94 bits per heavy atom. The number of esters is 1. The quantitative estimate of drug-likeness (QED) is 0.408. The van der Waals surface area contributed by atoms with Crippen LogP contribution in [-0.4, -0.2) is 31.4 Å². The Morgan fingerprint density at radius 1 is 1.25 bits per heavy atom. The van der Waals surface area contributed by atoms with Crippen molar-refractivity contribution in [1.82, 2.24) is 5.48 Å². The molecule has 16 heavy (non-hydrogen) atoms. The van der Waals surface area contributed by atoms with E-state index in [-0.39, 0.29) is 6.61 Å². The molecule has 1 amide bonds. The topological polar surface area (TPSA) is 73.9 Å². The average molecular weight is 233 g/mol. The maximum Gasteiger partial charge on any atom is 0.431 e. The van der Waals surface area contributed by atoms with E-state index in [0.29, 0.717) is 6.61 Å². The molecule has 0 aliphatic rings. The first-order valence-electron chi connectivity index (χ1n) is 5.36. The van der Waals surface area contributed by atoms with E-state index < -0.39 is 18.2 Å². The molecule has 0 spiro atoms. The second kappa shape index (κ2) is 8.96. The van der Waals surface area contributed by atoms with E-state index in [4.69, 9.17) is 9.57 Å². The zero-order valence-electron chi connectivity index (χ0n) is 9.95. The van der Waals surface area contributed by atoms with Crippen LogP contribution in [0.3, 0.4) is 0 Å². The third-order valence-electron chi connectivity index (χ3n) is 1.67. The molecule has 0 saturated heterocycles. The van der Waals surface area contributed by atoms with Gasteiger partial charge in [-0.25, -0.2) is 9.59 Å². The summed E-state index contributed by atoms with van der Waals surface area (Å²) in [6, 6.07) is 0. The van der Waals surface area contributed by atoms with Crippen LogP contribution in [0.25, 0.3) is 0 Å². The number of hydroxylamine groups is 1. The molecule has 1 atom stereocenters. The molecule has 0 bridgehead atoms. The highest BCUT2D eigenvalue weighted by Crippen LogP contribution is 1.93. The summed E-state index contributed by atoms with van der Waals surface area (Å²) in [6.45, 7) is 5.76.